The van der Waals surface area contributed by atoms with E-state index in [0.29, 0.717) is 11.3 Å². The van der Waals surface area contributed by atoms with Crippen LogP contribution in [0.25, 0.3) is 0 Å². The first-order valence-corrected chi connectivity index (χ1v) is 12.6. The zero-order valence-corrected chi connectivity index (χ0v) is 21.5. The maximum atomic E-state index is 13.0. The summed E-state index contributed by atoms with van der Waals surface area (Å²) in [5, 5.41) is 15.4. The number of aryl methyl sites for hydroxylation is 1. The highest BCUT2D eigenvalue weighted by Gasteiger charge is 2.56. The van der Waals surface area contributed by atoms with Gasteiger partial charge in [-0.2, -0.15) is 13.5 Å². The minimum Gasteiger partial charge on any atom is -0.497 e. The summed E-state index contributed by atoms with van der Waals surface area (Å²) in [6.45, 7) is 3.24. The minimum atomic E-state index is -4.07. The van der Waals surface area contributed by atoms with Crippen molar-refractivity contribution >= 4 is 27.7 Å². The summed E-state index contributed by atoms with van der Waals surface area (Å²) in [4.78, 5) is 28.1. The largest absolute Gasteiger partial charge is 0.497 e. The SMILES string of the molecule is COC(=O)[C@@H]1/C(=N\NS(=O)(=O)c2ccc(C)cc2)C[C@](C)(O)[C@@H](C(=O)OC)[C@H]1c1ccc(OC)cc1. The van der Waals surface area contributed by atoms with Crippen LogP contribution in [0.2, 0.25) is 0 Å². The number of nitrogens with one attached hydrogen (secondary N) is 1. The van der Waals surface area contributed by atoms with Gasteiger partial charge in [0.05, 0.1) is 43.5 Å². The summed E-state index contributed by atoms with van der Waals surface area (Å²) in [7, 11) is -0.202. The minimum absolute atomic E-state index is 0.0171. The van der Waals surface area contributed by atoms with Crippen molar-refractivity contribution in [1.29, 1.82) is 0 Å². The zero-order valence-electron chi connectivity index (χ0n) is 20.7. The first-order valence-electron chi connectivity index (χ1n) is 11.1. The summed E-state index contributed by atoms with van der Waals surface area (Å²) in [6.07, 6.45) is -0.282. The summed E-state index contributed by atoms with van der Waals surface area (Å²) in [5.74, 6) is -4.25. The molecule has 0 amide bonds. The topological polar surface area (TPSA) is 141 Å². The number of sulfonamides is 1. The lowest BCUT2D eigenvalue weighted by Gasteiger charge is -2.44. The average molecular weight is 519 g/mol. The third kappa shape index (κ3) is 5.52. The maximum absolute atomic E-state index is 13.0. The van der Waals surface area contributed by atoms with Crippen molar-refractivity contribution in [3.05, 3.63) is 59.7 Å². The van der Waals surface area contributed by atoms with Gasteiger partial charge in [0.15, 0.2) is 0 Å². The molecule has 11 heteroatoms. The number of methoxy groups -OCH3 is 3. The molecule has 4 atom stereocenters. The number of aliphatic hydroxyl groups is 1. The molecule has 0 unspecified atom stereocenters. The number of hydrogen-bond acceptors (Lipinski definition) is 9. The quantitative estimate of drug-likeness (QED) is 0.420. The Hall–Kier alpha value is -3.44. The fraction of sp³-hybridized carbons (Fsp3) is 0.400. The van der Waals surface area contributed by atoms with E-state index in [1.54, 1.807) is 36.4 Å². The van der Waals surface area contributed by atoms with Crippen LogP contribution in [0.15, 0.2) is 58.5 Å². The molecule has 0 heterocycles. The van der Waals surface area contributed by atoms with Gasteiger partial charge in [-0.1, -0.05) is 29.8 Å². The Morgan fingerprint density at radius 3 is 2.11 bits per heavy atom. The lowest BCUT2D eigenvalue weighted by molar-refractivity contribution is -0.160. The highest BCUT2D eigenvalue weighted by atomic mass is 32.2. The fourth-order valence-electron chi connectivity index (χ4n) is 4.52. The van der Waals surface area contributed by atoms with Crippen molar-refractivity contribution in [3.8, 4) is 5.75 Å². The molecule has 0 aliphatic heterocycles. The van der Waals surface area contributed by atoms with Crippen LogP contribution in [0.1, 0.15) is 30.4 Å². The standard InChI is InChI=1S/C25H30N2O8S/c1-15-6-12-18(13-7-15)36(31,32)27-26-19-14-25(2,30)22(24(29)35-5)20(21(19)23(28)34-4)16-8-10-17(33-3)11-9-16/h6-13,20-22,27,30H,14H2,1-5H3/b26-19-/t20-,21+,22+,25-/m0/s1. The van der Waals surface area contributed by atoms with Crippen LogP contribution in [0, 0.1) is 18.8 Å². The molecule has 0 spiro atoms. The van der Waals surface area contributed by atoms with E-state index in [4.69, 9.17) is 14.2 Å². The molecule has 10 nitrogen and oxygen atoms in total. The normalized spacial score (nSPS) is 25.2. The third-order valence-electron chi connectivity index (χ3n) is 6.34. The third-order valence-corrected chi connectivity index (χ3v) is 7.56. The lowest BCUT2D eigenvalue weighted by Crippen LogP contribution is -2.55. The number of hydrogen-bond donors (Lipinski definition) is 2. The first-order chi connectivity index (χ1) is 16.9. The Morgan fingerprint density at radius 2 is 1.58 bits per heavy atom. The van der Waals surface area contributed by atoms with Crippen LogP contribution >= 0.6 is 0 Å². The summed E-state index contributed by atoms with van der Waals surface area (Å²) >= 11 is 0. The van der Waals surface area contributed by atoms with Gasteiger partial charge in [0.25, 0.3) is 10.0 Å². The summed E-state index contributed by atoms with van der Waals surface area (Å²) in [6, 6.07) is 12.8. The second kappa shape index (κ2) is 10.7. The molecule has 0 aromatic heterocycles. The molecule has 2 N–H and O–H groups in total. The molecule has 2 aromatic rings. The van der Waals surface area contributed by atoms with Gasteiger partial charge < -0.3 is 19.3 Å². The van der Waals surface area contributed by atoms with E-state index in [1.807, 2.05) is 6.92 Å². The van der Waals surface area contributed by atoms with Crippen LogP contribution in [-0.2, 0) is 29.1 Å². The average Bonchev–Trinajstić information content (AvgIpc) is 2.86. The van der Waals surface area contributed by atoms with Gasteiger partial charge in [-0.05, 0) is 43.7 Å². The number of ether oxygens (including phenoxy) is 3. The molecular weight excluding hydrogens is 488 g/mol. The Labute approximate surface area is 210 Å². The summed E-state index contributed by atoms with van der Waals surface area (Å²) in [5.41, 5.74) is -0.319. The van der Waals surface area contributed by atoms with Gasteiger partial charge in [-0.15, -0.1) is 0 Å². The van der Waals surface area contributed by atoms with E-state index in [0.717, 1.165) is 5.56 Å². The molecule has 1 saturated carbocycles. The molecule has 0 radical (unpaired) electrons. The van der Waals surface area contributed by atoms with E-state index in [-0.39, 0.29) is 17.0 Å². The van der Waals surface area contributed by atoms with Crippen molar-refractivity contribution in [2.45, 2.75) is 36.7 Å². The van der Waals surface area contributed by atoms with E-state index in [2.05, 4.69) is 9.93 Å². The van der Waals surface area contributed by atoms with Crippen molar-refractivity contribution in [1.82, 2.24) is 4.83 Å². The Morgan fingerprint density at radius 1 is 1.00 bits per heavy atom. The highest BCUT2D eigenvalue weighted by Crippen LogP contribution is 2.47. The van der Waals surface area contributed by atoms with E-state index >= 15 is 0 Å². The van der Waals surface area contributed by atoms with Gasteiger partial charge in [-0.25, -0.2) is 4.83 Å². The Kier molecular flexibility index (Phi) is 8.05. The summed E-state index contributed by atoms with van der Waals surface area (Å²) < 4.78 is 40.9. The maximum Gasteiger partial charge on any atom is 0.315 e. The number of rotatable bonds is 7. The van der Waals surface area contributed by atoms with Gasteiger partial charge >= 0.3 is 11.9 Å². The van der Waals surface area contributed by atoms with Gasteiger partial charge in [0, 0.05) is 12.3 Å². The highest BCUT2D eigenvalue weighted by molar-refractivity contribution is 7.89. The second-order valence-electron chi connectivity index (χ2n) is 8.85. The number of hydrazone groups is 1. The number of carbonyl (C=O) groups excluding carboxylic acids is 2. The molecule has 36 heavy (non-hydrogen) atoms. The van der Waals surface area contributed by atoms with Gasteiger partial charge in [0.1, 0.15) is 11.7 Å². The van der Waals surface area contributed by atoms with Crippen LogP contribution < -0.4 is 9.57 Å². The van der Waals surface area contributed by atoms with Gasteiger partial charge in [-0.3, -0.25) is 9.59 Å². The predicted octanol–water partition coefficient (Wildman–Crippen LogP) is 2.15. The van der Waals surface area contributed by atoms with Crippen molar-refractivity contribution in [3.63, 3.8) is 0 Å². The smallest absolute Gasteiger partial charge is 0.315 e. The number of benzene rings is 2. The Balaban J connectivity index is 2.13. The number of esters is 2. The Bertz CT molecular complexity index is 1240. The monoisotopic (exact) mass is 518 g/mol. The molecule has 3 rings (SSSR count). The molecule has 1 fully saturated rings. The molecular formula is C25H30N2O8S. The molecule has 1 aliphatic carbocycles. The lowest BCUT2D eigenvalue weighted by atomic mass is 9.61. The second-order valence-corrected chi connectivity index (χ2v) is 10.5. The van der Waals surface area contributed by atoms with E-state index in [9.17, 15) is 23.1 Å². The molecule has 1 aliphatic rings. The van der Waals surface area contributed by atoms with Crippen LogP contribution in [0.3, 0.4) is 0 Å². The first kappa shape index (κ1) is 27.2. The molecule has 0 saturated heterocycles. The predicted molar refractivity (Wildman–Crippen MR) is 131 cm³/mol. The number of carbonyl (C=O) groups is 2. The molecule has 2 aromatic carbocycles. The molecule has 194 valence electrons. The number of nitrogens with zero attached hydrogens (tertiary/aromatic N) is 1. The van der Waals surface area contributed by atoms with Crippen LogP contribution in [0.5, 0.6) is 5.75 Å². The van der Waals surface area contributed by atoms with Crippen molar-refractivity contribution in [2.75, 3.05) is 21.3 Å². The molecule has 0 bridgehead atoms. The van der Waals surface area contributed by atoms with Crippen molar-refractivity contribution < 1.29 is 37.3 Å². The van der Waals surface area contributed by atoms with Crippen LogP contribution in [-0.4, -0.2) is 58.1 Å². The van der Waals surface area contributed by atoms with Crippen LogP contribution in [0.4, 0.5) is 0 Å². The zero-order chi connectivity index (χ0) is 26.7. The van der Waals surface area contributed by atoms with E-state index in [1.165, 1.54) is 40.4 Å². The van der Waals surface area contributed by atoms with Gasteiger partial charge in [0.2, 0.25) is 0 Å². The van der Waals surface area contributed by atoms with Crippen molar-refractivity contribution in [2.24, 2.45) is 16.9 Å². The fourth-order valence-corrected chi connectivity index (χ4v) is 5.36. The van der Waals surface area contributed by atoms with E-state index < -0.39 is 45.3 Å².